The average molecular weight is 753 g/mol. The predicted molar refractivity (Wildman–Crippen MR) is 195 cm³/mol. The summed E-state index contributed by atoms with van der Waals surface area (Å²) in [7, 11) is 0.616. The lowest BCUT2D eigenvalue weighted by Crippen LogP contribution is -2.62. The predicted octanol–water partition coefficient (Wildman–Crippen LogP) is 5.61. The molecular weight excluding hydrogens is 704 g/mol. The van der Waals surface area contributed by atoms with E-state index in [1.807, 2.05) is 79.7 Å². The summed E-state index contributed by atoms with van der Waals surface area (Å²) in [6.07, 6.45) is -4.31. The summed E-state index contributed by atoms with van der Waals surface area (Å²) < 4.78 is 80.8. The quantitative estimate of drug-likeness (QED) is 0.0888. The van der Waals surface area contributed by atoms with Crippen LogP contribution in [0.1, 0.15) is 28.7 Å². The second kappa shape index (κ2) is 19.9. The lowest BCUT2D eigenvalue weighted by Gasteiger charge is -2.45. The second-order valence-corrected chi connectivity index (χ2v) is 14.0. The lowest BCUT2D eigenvalue weighted by atomic mass is 9.98. The van der Waals surface area contributed by atoms with Gasteiger partial charge in [-0.25, -0.2) is 0 Å². The third-order valence-corrected chi connectivity index (χ3v) is 9.97. The Kier molecular flexibility index (Phi) is 15.0. The highest BCUT2D eigenvalue weighted by atomic mass is 32.2. The molecule has 0 aliphatic carbocycles. The first-order valence-electron chi connectivity index (χ1n) is 17.3. The number of aryl methyl sites for hydroxylation is 1. The van der Waals surface area contributed by atoms with Gasteiger partial charge in [0.2, 0.25) is 0 Å². The molecule has 1 fully saturated rings. The third kappa shape index (κ3) is 11.5. The number of hydrogen-bond acceptors (Lipinski definition) is 12. The van der Waals surface area contributed by atoms with E-state index in [2.05, 4.69) is 0 Å². The fraction of sp³-hybridized carbons (Fsp3) is 0.400. The highest BCUT2D eigenvalue weighted by molar-refractivity contribution is 7.86. The second-order valence-electron chi connectivity index (χ2n) is 12.4. The summed E-state index contributed by atoms with van der Waals surface area (Å²) >= 11 is 0. The van der Waals surface area contributed by atoms with Crippen molar-refractivity contribution in [2.75, 3.05) is 41.2 Å². The summed E-state index contributed by atoms with van der Waals surface area (Å²) in [5.74, 6) is 2.10. The fourth-order valence-electron chi connectivity index (χ4n) is 5.65. The number of rotatable bonds is 20. The number of ether oxygens (including phenoxy) is 8. The molecule has 286 valence electrons. The van der Waals surface area contributed by atoms with Gasteiger partial charge in [0.05, 0.1) is 59.3 Å². The Morgan fingerprint density at radius 1 is 0.604 bits per heavy atom. The molecule has 0 radical (unpaired) electrons. The zero-order valence-corrected chi connectivity index (χ0v) is 31.2. The number of benzene rings is 4. The molecule has 0 bridgehead atoms. The highest BCUT2D eigenvalue weighted by Gasteiger charge is 2.49. The normalized spacial score (nSPS) is 20.2. The number of hydrogen-bond donors (Lipinski definition) is 1. The summed E-state index contributed by atoms with van der Waals surface area (Å²) in [6.45, 7) is 1.94. The van der Waals surface area contributed by atoms with Gasteiger partial charge in [-0.1, -0.05) is 54.1 Å². The van der Waals surface area contributed by atoms with Gasteiger partial charge < -0.3 is 43.0 Å². The van der Waals surface area contributed by atoms with Crippen molar-refractivity contribution in [3.63, 3.8) is 0 Å². The molecule has 0 spiro atoms. The van der Waals surface area contributed by atoms with Gasteiger partial charge in [0, 0.05) is 6.61 Å². The molecule has 0 saturated carbocycles. The highest BCUT2D eigenvalue weighted by Crippen LogP contribution is 2.32. The lowest BCUT2D eigenvalue weighted by molar-refractivity contribution is -0.326. The van der Waals surface area contributed by atoms with E-state index in [9.17, 15) is 13.5 Å². The molecule has 5 rings (SSSR count). The van der Waals surface area contributed by atoms with Gasteiger partial charge >= 0.3 is 0 Å². The monoisotopic (exact) mass is 752 g/mol. The maximum atomic E-state index is 13.4. The van der Waals surface area contributed by atoms with Crippen molar-refractivity contribution < 1.29 is 55.6 Å². The summed E-state index contributed by atoms with van der Waals surface area (Å²) in [5, 5.41) is 9.55. The Balaban J connectivity index is 1.48. The van der Waals surface area contributed by atoms with Crippen LogP contribution in [0, 0.1) is 6.92 Å². The molecule has 4 aromatic carbocycles. The maximum absolute atomic E-state index is 13.4. The van der Waals surface area contributed by atoms with Crippen molar-refractivity contribution in [3.8, 4) is 17.2 Å². The SMILES string of the molecule is COc1ccc(CO[C@H]2[C@@H](OCc3ccc(OC)cc3)[C@@H](COS(=O)(=O)c3ccc(C)cc3)O[C@@H](OCCCO)[C@@H]2OCc2ccc(OC)cc2)cc1. The Hall–Kier alpha value is -4.05. The van der Waals surface area contributed by atoms with Crippen LogP contribution in [0.25, 0.3) is 0 Å². The van der Waals surface area contributed by atoms with Crippen LogP contribution in [0.15, 0.2) is 102 Å². The van der Waals surface area contributed by atoms with Crippen molar-refractivity contribution in [2.24, 2.45) is 0 Å². The summed E-state index contributed by atoms with van der Waals surface area (Å²) in [4.78, 5) is 0.0124. The van der Waals surface area contributed by atoms with E-state index in [0.29, 0.717) is 23.7 Å². The van der Waals surface area contributed by atoms with E-state index >= 15 is 0 Å². The van der Waals surface area contributed by atoms with E-state index in [1.54, 1.807) is 33.5 Å². The largest absolute Gasteiger partial charge is 0.497 e. The fourth-order valence-corrected chi connectivity index (χ4v) is 6.57. The summed E-state index contributed by atoms with van der Waals surface area (Å²) in [5.41, 5.74) is 3.46. The van der Waals surface area contributed by atoms with Crippen LogP contribution >= 0.6 is 0 Å². The molecule has 5 atom stereocenters. The van der Waals surface area contributed by atoms with Gasteiger partial charge in [0.25, 0.3) is 10.1 Å². The first-order valence-corrected chi connectivity index (χ1v) is 18.7. The molecule has 1 saturated heterocycles. The van der Waals surface area contributed by atoms with Gasteiger partial charge in [-0.3, -0.25) is 4.18 Å². The van der Waals surface area contributed by atoms with E-state index in [1.165, 1.54) is 12.1 Å². The van der Waals surface area contributed by atoms with Crippen molar-refractivity contribution in [1.29, 1.82) is 0 Å². The van der Waals surface area contributed by atoms with Crippen molar-refractivity contribution in [2.45, 2.75) is 68.8 Å². The van der Waals surface area contributed by atoms with E-state index in [4.69, 9.17) is 42.1 Å². The van der Waals surface area contributed by atoms with Crippen LogP contribution in [0.5, 0.6) is 17.2 Å². The standard InChI is InChI=1S/C40H48O12S/c1-28-6-20-35(21-7-28)53(42,43)51-27-36-37(48-24-29-8-14-32(44-2)15-9-29)38(49-25-30-10-16-33(45-3)17-11-30)39(40(52-36)47-23-5-22-41)50-26-31-12-18-34(46-4)19-13-31/h6-21,36-41H,5,22-27H2,1-4H3/t36-,37+,38+,39-,40-/m1/s1. The minimum Gasteiger partial charge on any atom is -0.497 e. The molecule has 0 aromatic heterocycles. The first-order chi connectivity index (χ1) is 25.7. The molecule has 1 heterocycles. The van der Waals surface area contributed by atoms with Crippen molar-refractivity contribution >= 4 is 10.1 Å². The average Bonchev–Trinajstić information content (AvgIpc) is 3.19. The van der Waals surface area contributed by atoms with Crippen LogP contribution in [-0.2, 0) is 57.8 Å². The Labute approximate surface area is 311 Å². The van der Waals surface area contributed by atoms with Crippen molar-refractivity contribution in [1.82, 2.24) is 0 Å². The third-order valence-electron chi connectivity index (χ3n) is 8.68. The number of methoxy groups -OCH3 is 3. The van der Waals surface area contributed by atoms with E-state index in [0.717, 1.165) is 22.3 Å². The molecule has 12 nitrogen and oxygen atoms in total. The first kappa shape index (κ1) is 40.1. The maximum Gasteiger partial charge on any atom is 0.297 e. The Bertz CT molecular complexity index is 1760. The van der Waals surface area contributed by atoms with Crippen LogP contribution < -0.4 is 14.2 Å². The molecule has 1 aliphatic heterocycles. The molecule has 1 aliphatic rings. The molecule has 0 unspecified atom stereocenters. The van der Waals surface area contributed by atoms with Gasteiger partial charge in [-0.15, -0.1) is 0 Å². The van der Waals surface area contributed by atoms with Gasteiger partial charge in [0.15, 0.2) is 6.29 Å². The van der Waals surface area contributed by atoms with Crippen molar-refractivity contribution in [3.05, 3.63) is 119 Å². The Morgan fingerprint density at radius 3 is 1.51 bits per heavy atom. The minimum atomic E-state index is -4.18. The smallest absolute Gasteiger partial charge is 0.297 e. The Morgan fingerprint density at radius 2 is 1.06 bits per heavy atom. The molecule has 1 N–H and O–H groups in total. The molecule has 0 amide bonds. The van der Waals surface area contributed by atoms with Crippen LogP contribution in [0.2, 0.25) is 0 Å². The minimum absolute atomic E-state index is 0.0124. The molecule has 13 heteroatoms. The topological polar surface area (TPSA) is 137 Å². The van der Waals surface area contributed by atoms with Gasteiger partial charge in [0.1, 0.15) is 41.7 Å². The molecular formula is C40H48O12S. The van der Waals surface area contributed by atoms with Gasteiger partial charge in [-0.05, 0) is 78.6 Å². The van der Waals surface area contributed by atoms with Crippen LogP contribution in [0.3, 0.4) is 0 Å². The van der Waals surface area contributed by atoms with Crippen LogP contribution in [0.4, 0.5) is 0 Å². The number of aliphatic hydroxyl groups excluding tert-OH is 1. The number of aliphatic hydroxyl groups is 1. The summed E-state index contributed by atoms with van der Waals surface area (Å²) in [6, 6.07) is 28.7. The van der Waals surface area contributed by atoms with Gasteiger partial charge in [-0.2, -0.15) is 8.42 Å². The van der Waals surface area contributed by atoms with E-state index in [-0.39, 0.29) is 37.9 Å². The van der Waals surface area contributed by atoms with Crippen LogP contribution in [-0.4, -0.2) is 85.4 Å². The van der Waals surface area contributed by atoms with E-state index < -0.39 is 47.4 Å². The zero-order valence-electron chi connectivity index (χ0n) is 30.4. The molecule has 53 heavy (non-hydrogen) atoms. The zero-order chi connectivity index (χ0) is 37.6. The molecule has 4 aromatic rings.